The van der Waals surface area contributed by atoms with Gasteiger partial charge in [-0.25, -0.2) is 0 Å². The van der Waals surface area contributed by atoms with Gasteiger partial charge in [0.25, 0.3) is 0 Å². The number of nitrogens with zero attached hydrogens (tertiary/aromatic N) is 1. The number of nitrogens with two attached hydrogens (primary N) is 1. The van der Waals surface area contributed by atoms with E-state index in [1.54, 1.807) is 6.07 Å². The molecular formula is C30H40N2O3. The number of fused-ring (bicyclic) bond motifs is 1. The molecule has 1 fully saturated rings. The summed E-state index contributed by atoms with van der Waals surface area (Å²) >= 11 is 0. The molecular weight excluding hydrogens is 436 g/mol. The quantitative estimate of drug-likeness (QED) is 0.602. The molecule has 2 aliphatic rings. The van der Waals surface area contributed by atoms with E-state index in [-0.39, 0.29) is 17.3 Å². The van der Waals surface area contributed by atoms with Crippen molar-refractivity contribution in [2.45, 2.75) is 71.3 Å². The van der Waals surface area contributed by atoms with Crippen LogP contribution in [0.15, 0.2) is 48.5 Å². The van der Waals surface area contributed by atoms with E-state index in [1.807, 2.05) is 32.9 Å². The first kappa shape index (κ1) is 25.4. The van der Waals surface area contributed by atoms with Crippen molar-refractivity contribution < 1.29 is 14.3 Å². The number of carbonyl (C=O) groups excluding carboxylic acids is 2. The van der Waals surface area contributed by atoms with E-state index in [4.69, 9.17) is 10.5 Å². The third-order valence-corrected chi connectivity index (χ3v) is 8.29. The van der Waals surface area contributed by atoms with Gasteiger partial charge in [0.05, 0.1) is 5.41 Å². The topological polar surface area (TPSA) is 72.6 Å². The largest absolute Gasteiger partial charge is 0.460 e. The first-order chi connectivity index (χ1) is 16.4. The van der Waals surface area contributed by atoms with Crippen molar-refractivity contribution in [2.24, 2.45) is 17.1 Å². The predicted molar refractivity (Wildman–Crippen MR) is 139 cm³/mol. The van der Waals surface area contributed by atoms with Crippen LogP contribution >= 0.6 is 0 Å². The Balaban J connectivity index is 1.47. The maximum atomic E-state index is 13.5. The molecule has 35 heavy (non-hydrogen) atoms. The van der Waals surface area contributed by atoms with Crippen molar-refractivity contribution in [3.8, 4) is 0 Å². The lowest BCUT2D eigenvalue weighted by atomic mass is 9.67. The van der Waals surface area contributed by atoms with Crippen LogP contribution in [0.5, 0.6) is 0 Å². The zero-order valence-electron chi connectivity index (χ0n) is 21.9. The molecule has 0 aromatic heterocycles. The van der Waals surface area contributed by atoms with Gasteiger partial charge in [0.1, 0.15) is 5.60 Å². The zero-order chi connectivity index (χ0) is 25.4. The lowest BCUT2D eigenvalue weighted by Crippen LogP contribution is -2.49. The first-order valence-electron chi connectivity index (χ1n) is 12.8. The molecule has 0 saturated carbocycles. The smallest absolute Gasteiger partial charge is 0.313 e. The van der Waals surface area contributed by atoms with Gasteiger partial charge in [-0.05, 0) is 99.7 Å². The minimum absolute atomic E-state index is 0.0194. The van der Waals surface area contributed by atoms with Gasteiger partial charge in [-0.15, -0.1) is 0 Å². The van der Waals surface area contributed by atoms with Gasteiger partial charge in [-0.1, -0.05) is 50.2 Å². The van der Waals surface area contributed by atoms with Crippen LogP contribution in [0.25, 0.3) is 0 Å². The first-order valence-corrected chi connectivity index (χ1v) is 12.8. The van der Waals surface area contributed by atoms with Crippen LogP contribution in [0.2, 0.25) is 0 Å². The molecule has 2 N–H and O–H groups in total. The minimum atomic E-state index is -0.503. The molecule has 1 amide bonds. The molecule has 4 rings (SSSR count). The lowest BCUT2D eigenvalue weighted by Gasteiger charge is -2.46. The van der Waals surface area contributed by atoms with Crippen molar-refractivity contribution in [3.63, 3.8) is 0 Å². The number of benzene rings is 2. The Kier molecular flexibility index (Phi) is 6.85. The highest BCUT2D eigenvalue weighted by atomic mass is 16.6. The molecule has 5 heteroatoms. The summed E-state index contributed by atoms with van der Waals surface area (Å²) in [6.07, 6.45) is 3.28. The van der Waals surface area contributed by atoms with E-state index in [1.165, 1.54) is 16.7 Å². The fraction of sp³-hybridized carbons (Fsp3) is 0.533. The second-order valence-electron chi connectivity index (χ2n) is 12.0. The van der Waals surface area contributed by atoms with E-state index >= 15 is 0 Å². The number of carbonyl (C=O) groups is 2. The molecule has 0 unspecified atom stereocenters. The van der Waals surface area contributed by atoms with Crippen molar-refractivity contribution in [3.05, 3.63) is 70.8 Å². The monoisotopic (exact) mass is 476 g/mol. The molecule has 1 saturated heterocycles. The van der Waals surface area contributed by atoms with E-state index < -0.39 is 11.0 Å². The maximum Gasteiger partial charge on any atom is 0.313 e. The second kappa shape index (κ2) is 9.42. The van der Waals surface area contributed by atoms with Crippen molar-refractivity contribution in [2.75, 3.05) is 19.6 Å². The standard InChI is InChI=1S/C30H40N2O3/c1-21-20-32(15-13-29(21,5)25-12-8-11-22(17-25)26(31)33)16-14-30(27(34)35-28(2,3)4)18-23-9-6-7-10-24(23)19-30/h6-12,17,21H,13-16,18-20H2,1-5H3,(H2,31,33)/t21-,29-/m0/s1. The van der Waals surface area contributed by atoms with E-state index in [9.17, 15) is 9.59 Å². The predicted octanol–water partition coefficient (Wildman–Crippen LogP) is 4.90. The van der Waals surface area contributed by atoms with Gasteiger partial charge >= 0.3 is 5.97 Å². The van der Waals surface area contributed by atoms with Crippen LogP contribution < -0.4 is 5.73 Å². The summed E-state index contributed by atoms with van der Waals surface area (Å²) in [6.45, 7) is 13.2. The van der Waals surface area contributed by atoms with E-state index in [0.717, 1.165) is 45.3 Å². The Labute approximate surface area is 210 Å². The molecule has 2 aromatic rings. The number of primary amides is 1. The third-order valence-electron chi connectivity index (χ3n) is 8.29. The van der Waals surface area contributed by atoms with Crippen LogP contribution in [0, 0.1) is 11.3 Å². The number of hydrogen-bond donors (Lipinski definition) is 1. The fourth-order valence-electron chi connectivity index (χ4n) is 5.85. The molecule has 1 aliphatic carbocycles. The second-order valence-corrected chi connectivity index (χ2v) is 12.0. The average molecular weight is 477 g/mol. The summed E-state index contributed by atoms with van der Waals surface area (Å²) < 4.78 is 5.94. The minimum Gasteiger partial charge on any atom is -0.460 e. The van der Waals surface area contributed by atoms with Crippen molar-refractivity contribution in [1.29, 1.82) is 0 Å². The Morgan fingerprint density at radius 3 is 2.31 bits per heavy atom. The number of esters is 1. The summed E-state index contributed by atoms with van der Waals surface area (Å²) in [6, 6.07) is 16.2. The maximum absolute atomic E-state index is 13.5. The number of rotatable bonds is 6. The van der Waals surface area contributed by atoms with Crippen LogP contribution in [-0.4, -0.2) is 42.0 Å². The molecule has 2 atom stereocenters. The van der Waals surface area contributed by atoms with Crippen LogP contribution in [0.1, 0.15) is 74.5 Å². The summed E-state index contributed by atoms with van der Waals surface area (Å²) in [5.41, 5.74) is 8.80. The number of ether oxygens (including phenoxy) is 1. The van der Waals surface area contributed by atoms with Gasteiger partial charge in [0.15, 0.2) is 0 Å². The summed E-state index contributed by atoms with van der Waals surface area (Å²) in [7, 11) is 0. The molecule has 0 radical (unpaired) electrons. The molecule has 2 aromatic carbocycles. The molecule has 1 heterocycles. The number of piperidine rings is 1. The normalized spacial score (nSPS) is 24.1. The summed E-state index contributed by atoms with van der Waals surface area (Å²) in [4.78, 5) is 27.7. The van der Waals surface area contributed by atoms with Gasteiger partial charge in [-0.2, -0.15) is 0 Å². The summed E-state index contributed by atoms with van der Waals surface area (Å²) in [5, 5.41) is 0. The Morgan fingerprint density at radius 2 is 1.74 bits per heavy atom. The molecule has 5 nitrogen and oxygen atoms in total. The van der Waals surface area contributed by atoms with Crippen LogP contribution in [-0.2, 0) is 27.8 Å². The SMILES string of the molecule is C[C@H]1CN(CCC2(C(=O)OC(C)(C)C)Cc3ccccc3C2)CC[C@]1(C)c1cccc(C(N)=O)c1. The van der Waals surface area contributed by atoms with Gasteiger partial charge in [0.2, 0.25) is 5.91 Å². The molecule has 188 valence electrons. The third kappa shape index (κ3) is 5.30. The summed E-state index contributed by atoms with van der Waals surface area (Å²) in [5.74, 6) is -0.0532. The highest BCUT2D eigenvalue weighted by Gasteiger charge is 2.47. The fourth-order valence-corrected chi connectivity index (χ4v) is 5.85. The van der Waals surface area contributed by atoms with Crippen molar-refractivity contribution in [1.82, 2.24) is 4.90 Å². The number of hydrogen-bond acceptors (Lipinski definition) is 4. The van der Waals surface area contributed by atoms with Gasteiger partial charge < -0.3 is 15.4 Å². The van der Waals surface area contributed by atoms with Crippen LogP contribution in [0.3, 0.4) is 0 Å². The Hall–Kier alpha value is -2.66. The molecule has 0 bridgehead atoms. The van der Waals surface area contributed by atoms with Crippen LogP contribution in [0.4, 0.5) is 0 Å². The van der Waals surface area contributed by atoms with E-state index in [2.05, 4.69) is 49.1 Å². The Morgan fingerprint density at radius 1 is 1.09 bits per heavy atom. The van der Waals surface area contributed by atoms with Gasteiger partial charge in [-0.3, -0.25) is 9.59 Å². The number of amides is 1. The Bertz CT molecular complexity index is 1080. The highest BCUT2D eigenvalue weighted by molar-refractivity contribution is 5.93. The molecule has 1 aliphatic heterocycles. The van der Waals surface area contributed by atoms with Gasteiger partial charge in [0, 0.05) is 12.1 Å². The lowest BCUT2D eigenvalue weighted by molar-refractivity contribution is -0.168. The van der Waals surface area contributed by atoms with Crippen molar-refractivity contribution >= 4 is 11.9 Å². The average Bonchev–Trinajstić information content (AvgIpc) is 3.19. The number of likely N-dealkylation sites (tertiary alicyclic amines) is 1. The highest BCUT2D eigenvalue weighted by Crippen LogP contribution is 2.43. The molecule has 0 spiro atoms. The van der Waals surface area contributed by atoms with E-state index in [0.29, 0.717) is 11.5 Å². The zero-order valence-corrected chi connectivity index (χ0v) is 21.9.